The third kappa shape index (κ3) is 13.0. The van der Waals surface area contributed by atoms with Crippen molar-refractivity contribution < 1.29 is 42.4 Å². The highest BCUT2D eigenvalue weighted by molar-refractivity contribution is 7.85. The zero-order chi connectivity index (χ0) is 27.1. The van der Waals surface area contributed by atoms with Gasteiger partial charge >= 0.3 is 0 Å². The lowest BCUT2D eigenvalue weighted by molar-refractivity contribution is -0.897. The average Bonchev–Trinajstić information content (AvgIpc) is 2.70. The second kappa shape index (κ2) is 16.5. The fourth-order valence-corrected chi connectivity index (χ4v) is 5.94. The predicted octanol–water partition coefficient (Wildman–Crippen LogP) is 0.856. The minimum atomic E-state index is -4.63. The summed E-state index contributed by atoms with van der Waals surface area (Å²) in [6.07, 6.45) is 9.21. The Balaban J connectivity index is 5.57. The minimum Gasteiger partial charge on any atom is -0.544 e. The van der Waals surface area contributed by atoms with E-state index >= 15 is 0 Å². The van der Waals surface area contributed by atoms with Crippen LogP contribution in [-0.2, 0) is 19.7 Å². The van der Waals surface area contributed by atoms with Crippen molar-refractivity contribution in [3.05, 3.63) is 0 Å². The maximum absolute atomic E-state index is 12.8. The summed E-state index contributed by atoms with van der Waals surface area (Å²) in [6.45, 7) is 1.14. The summed E-state index contributed by atoms with van der Waals surface area (Å²) >= 11 is 0. The molecule has 208 valence electrons. The number of nitrogens with one attached hydrogen (secondary N) is 1. The van der Waals surface area contributed by atoms with Gasteiger partial charge in [-0.15, -0.1) is 0 Å². The molecule has 10 nitrogen and oxygen atoms in total. The summed E-state index contributed by atoms with van der Waals surface area (Å²) in [5.41, 5.74) is -1.59. The highest BCUT2D eigenvalue weighted by Gasteiger charge is 2.53. The van der Waals surface area contributed by atoms with Crippen molar-refractivity contribution in [3.8, 4) is 0 Å². The molecule has 0 aliphatic heterocycles. The number of aliphatic hydroxyl groups is 2. The summed E-state index contributed by atoms with van der Waals surface area (Å²) in [5, 5.41) is 34.4. The number of carbonyl (C=O) groups is 2. The van der Waals surface area contributed by atoms with Crippen LogP contribution in [0.25, 0.3) is 0 Å². The van der Waals surface area contributed by atoms with Gasteiger partial charge in [-0.05, 0) is 19.3 Å². The van der Waals surface area contributed by atoms with E-state index in [0.717, 1.165) is 25.7 Å². The molecule has 35 heavy (non-hydrogen) atoms. The zero-order valence-electron chi connectivity index (χ0n) is 22.0. The highest BCUT2D eigenvalue weighted by atomic mass is 32.2. The quantitative estimate of drug-likeness (QED) is 0.0975. The number of quaternary nitrogens is 1. The van der Waals surface area contributed by atoms with E-state index in [-0.39, 0.29) is 23.7 Å². The Kier molecular flexibility index (Phi) is 15.9. The smallest absolute Gasteiger partial charge is 0.266 e. The topological polar surface area (TPSA) is 164 Å². The summed E-state index contributed by atoms with van der Waals surface area (Å²) in [6, 6.07) is -2.75. The Bertz CT molecular complexity index is 716. The zero-order valence-corrected chi connectivity index (χ0v) is 22.8. The first-order valence-corrected chi connectivity index (χ1v) is 14.3. The van der Waals surface area contributed by atoms with Crippen LogP contribution in [0.3, 0.4) is 0 Å². The van der Waals surface area contributed by atoms with Crippen LogP contribution in [0.2, 0.25) is 0 Å². The molecular weight excluding hydrogens is 476 g/mol. The molecule has 0 heterocycles. The molecule has 0 aromatic heterocycles. The van der Waals surface area contributed by atoms with E-state index in [0.29, 0.717) is 6.42 Å². The normalized spacial score (nSPS) is 14.5. The van der Waals surface area contributed by atoms with Crippen LogP contribution in [0.5, 0.6) is 0 Å². The van der Waals surface area contributed by atoms with Gasteiger partial charge < -0.3 is 29.9 Å². The SMILES string of the molecule is CCCCCCCCCCCC(=O)NC(CS(=O)(=O)O)C(CCO)(CCO)C(C(=O)[O-])[N+](C)(C)C. The number of amides is 1. The fraction of sp³-hybridized carbons (Fsp3) is 0.917. The van der Waals surface area contributed by atoms with Gasteiger partial charge in [0.25, 0.3) is 10.1 Å². The van der Waals surface area contributed by atoms with Gasteiger partial charge in [-0.25, -0.2) is 0 Å². The fourth-order valence-electron chi connectivity index (χ4n) is 5.10. The molecule has 2 atom stereocenters. The van der Waals surface area contributed by atoms with E-state index in [2.05, 4.69) is 12.2 Å². The number of carbonyl (C=O) groups excluding carboxylic acids is 2. The average molecular weight is 525 g/mol. The molecule has 0 aromatic rings. The standard InChI is InChI=1S/C24H48N2O8S/c1-5-6-7-8-9-10-11-12-13-14-21(29)25-20(19-35(32,33)34)24(15-17-27,16-18-28)22(23(30)31)26(2,3)4/h20,22,27-28H,5-19H2,1-4H3,(H2-,25,29,30,31,32,33,34). The maximum atomic E-state index is 12.8. The summed E-state index contributed by atoms with van der Waals surface area (Å²) in [5.74, 6) is -2.92. The lowest BCUT2D eigenvalue weighted by atomic mass is 9.68. The Morgan fingerprint density at radius 2 is 1.37 bits per heavy atom. The van der Waals surface area contributed by atoms with E-state index in [1.54, 1.807) is 21.1 Å². The first kappa shape index (κ1) is 33.7. The van der Waals surface area contributed by atoms with E-state index in [1.807, 2.05) is 0 Å². The van der Waals surface area contributed by atoms with Crippen LogP contribution in [-0.4, -0.2) is 91.7 Å². The van der Waals surface area contributed by atoms with Crippen LogP contribution >= 0.6 is 0 Å². The molecular formula is C24H48N2O8S. The molecule has 0 radical (unpaired) electrons. The number of carboxylic acids is 1. The van der Waals surface area contributed by atoms with Crippen LogP contribution in [0.15, 0.2) is 0 Å². The number of rotatable bonds is 21. The van der Waals surface area contributed by atoms with Crippen LogP contribution < -0.4 is 10.4 Å². The van der Waals surface area contributed by atoms with Crippen molar-refractivity contribution >= 4 is 22.0 Å². The molecule has 0 saturated carbocycles. The lowest BCUT2D eigenvalue weighted by Gasteiger charge is -2.51. The predicted molar refractivity (Wildman–Crippen MR) is 133 cm³/mol. The minimum absolute atomic E-state index is 0.118. The first-order chi connectivity index (χ1) is 16.2. The third-order valence-electron chi connectivity index (χ3n) is 6.61. The number of likely N-dealkylation sites (N-methyl/N-ethyl adjacent to an activating group) is 1. The van der Waals surface area contributed by atoms with E-state index < -0.39 is 58.5 Å². The second-order valence-electron chi connectivity index (χ2n) is 10.5. The van der Waals surface area contributed by atoms with Crippen molar-refractivity contribution in [1.29, 1.82) is 0 Å². The first-order valence-electron chi connectivity index (χ1n) is 12.7. The number of nitrogens with zero attached hydrogens (tertiary/aromatic N) is 1. The van der Waals surface area contributed by atoms with E-state index in [1.165, 1.54) is 25.7 Å². The molecule has 0 aliphatic rings. The molecule has 11 heteroatoms. The third-order valence-corrected chi connectivity index (χ3v) is 7.37. The molecule has 0 aliphatic carbocycles. The van der Waals surface area contributed by atoms with Crippen molar-refractivity contribution in [2.75, 3.05) is 40.1 Å². The molecule has 0 fully saturated rings. The van der Waals surface area contributed by atoms with Crippen LogP contribution in [0.1, 0.15) is 84.0 Å². The number of unbranched alkanes of at least 4 members (excludes halogenated alkanes) is 8. The van der Waals surface area contributed by atoms with Gasteiger partial charge in [-0.2, -0.15) is 8.42 Å². The molecule has 4 N–H and O–H groups in total. The van der Waals surface area contributed by atoms with E-state index in [4.69, 9.17) is 0 Å². The lowest BCUT2D eigenvalue weighted by Crippen LogP contribution is -2.69. The van der Waals surface area contributed by atoms with Gasteiger partial charge in [0.1, 0.15) is 6.04 Å². The van der Waals surface area contributed by atoms with Gasteiger partial charge in [0, 0.05) is 19.6 Å². The second-order valence-corrected chi connectivity index (χ2v) is 12.0. The van der Waals surface area contributed by atoms with Gasteiger partial charge in [-0.3, -0.25) is 9.35 Å². The monoisotopic (exact) mass is 524 g/mol. The van der Waals surface area contributed by atoms with Crippen LogP contribution in [0.4, 0.5) is 0 Å². The van der Waals surface area contributed by atoms with Crippen molar-refractivity contribution in [2.24, 2.45) is 5.41 Å². The Labute approximate surface area is 211 Å². The van der Waals surface area contributed by atoms with E-state index in [9.17, 15) is 37.9 Å². The Morgan fingerprint density at radius 1 is 0.914 bits per heavy atom. The Morgan fingerprint density at radius 3 is 1.74 bits per heavy atom. The summed E-state index contributed by atoms with van der Waals surface area (Å²) in [7, 11) is 0.0700. The molecule has 0 rings (SSSR count). The molecule has 2 unspecified atom stereocenters. The number of aliphatic carboxylic acids is 1. The number of carboxylic acid groups (broad SMARTS) is 1. The maximum Gasteiger partial charge on any atom is 0.266 e. The molecule has 0 saturated heterocycles. The van der Waals surface area contributed by atoms with Gasteiger partial charge in [0.2, 0.25) is 5.91 Å². The molecule has 0 aromatic carbocycles. The molecule has 0 spiro atoms. The number of hydrogen-bond donors (Lipinski definition) is 4. The summed E-state index contributed by atoms with van der Waals surface area (Å²) in [4.78, 5) is 25.0. The van der Waals surface area contributed by atoms with Gasteiger partial charge in [-0.1, -0.05) is 58.3 Å². The molecule has 1 amide bonds. The number of hydrogen-bond acceptors (Lipinski definition) is 7. The highest BCUT2D eigenvalue weighted by Crippen LogP contribution is 2.39. The van der Waals surface area contributed by atoms with Crippen molar-refractivity contribution in [2.45, 2.75) is 96.1 Å². The summed E-state index contributed by atoms with van der Waals surface area (Å²) < 4.78 is 33.1. The van der Waals surface area contributed by atoms with Crippen molar-refractivity contribution in [3.63, 3.8) is 0 Å². The van der Waals surface area contributed by atoms with Crippen molar-refractivity contribution in [1.82, 2.24) is 5.32 Å². The van der Waals surface area contributed by atoms with Gasteiger partial charge in [0.05, 0.1) is 44.3 Å². The van der Waals surface area contributed by atoms with Crippen LogP contribution in [0, 0.1) is 5.41 Å². The van der Waals surface area contributed by atoms with Gasteiger partial charge in [0.15, 0.2) is 0 Å². The number of aliphatic hydroxyl groups excluding tert-OH is 2. The Hall–Kier alpha value is -1.27. The molecule has 0 bridgehead atoms. The largest absolute Gasteiger partial charge is 0.544 e.